The minimum absolute atomic E-state index is 0.866. The van der Waals surface area contributed by atoms with Gasteiger partial charge in [-0.3, -0.25) is 4.98 Å². The molecule has 0 amide bonds. The molecule has 338 valence electrons. The molecule has 0 unspecified atom stereocenters. The summed E-state index contributed by atoms with van der Waals surface area (Å²) in [6.45, 7) is 0. The lowest BCUT2D eigenvalue weighted by Gasteiger charge is -2.11. The van der Waals surface area contributed by atoms with Gasteiger partial charge in [-0.05, 0) is 154 Å². The monoisotopic (exact) mass is 925 g/mol. The third-order valence-corrected chi connectivity index (χ3v) is 15.1. The number of rotatable bonds is 6. The summed E-state index contributed by atoms with van der Waals surface area (Å²) in [6.07, 6.45) is 1.92. The Morgan fingerprint density at radius 3 is 1.18 bits per heavy atom. The first-order valence-electron chi connectivity index (χ1n) is 25.0. The van der Waals surface area contributed by atoms with Crippen LogP contribution in [-0.4, -0.2) is 14.5 Å². The van der Waals surface area contributed by atoms with Gasteiger partial charge < -0.3 is 4.57 Å². The van der Waals surface area contributed by atoms with Gasteiger partial charge in [0.1, 0.15) is 0 Å². The predicted octanol–water partition coefficient (Wildman–Crippen LogP) is 18.8. The summed E-state index contributed by atoms with van der Waals surface area (Å²) in [5.41, 5.74) is 17.0. The zero-order valence-electron chi connectivity index (χ0n) is 39.7. The summed E-state index contributed by atoms with van der Waals surface area (Å²) in [6, 6.07) is 93.0. The Balaban J connectivity index is 0.690. The molecule has 2 aromatic heterocycles. The van der Waals surface area contributed by atoms with Gasteiger partial charge in [0.05, 0.1) is 34.0 Å². The van der Waals surface area contributed by atoms with Gasteiger partial charge in [-0.25, -0.2) is 4.98 Å². The molecule has 0 radical (unpaired) electrons. The molecular formula is C70H43N3. The predicted molar refractivity (Wildman–Crippen MR) is 309 cm³/mol. The zero-order chi connectivity index (χ0) is 48.0. The fourth-order valence-electron chi connectivity index (χ4n) is 11.4. The van der Waals surface area contributed by atoms with Crippen LogP contribution in [0.4, 0.5) is 0 Å². The molecule has 0 fully saturated rings. The molecule has 15 aromatic rings. The number of hydrogen-bond acceptors (Lipinski definition) is 2. The van der Waals surface area contributed by atoms with Crippen molar-refractivity contribution in [1.82, 2.24) is 14.5 Å². The molecule has 0 bridgehead atoms. The highest BCUT2D eigenvalue weighted by molar-refractivity contribution is 6.23. The van der Waals surface area contributed by atoms with E-state index in [2.05, 4.69) is 259 Å². The molecule has 2 heterocycles. The first-order chi connectivity index (χ1) is 36.1. The van der Waals surface area contributed by atoms with Crippen LogP contribution in [0.25, 0.3) is 148 Å². The minimum Gasteiger partial charge on any atom is -0.309 e. The van der Waals surface area contributed by atoms with Crippen molar-refractivity contribution >= 4 is 86.7 Å². The van der Waals surface area contributed by atoms with Crippen molar-refractivity contribution in [3.05, 3.63) is 261 Å². The standard InChI is InChI=1S/C70H43N3/c1-2-13-59(14-3-1)73-67-20-9-8-17-62(67)63-34-33-57(42-68(63)73)56-32-31-54-39-53(29-30-55(54)40-56)52-28-27-50-37-49(25-26-51(50)38-52)48-24-23-46-35-45(21-22-47(46)36-48)44-11-10-12-58(41-44)66-43-71-69-64-18-6-4-15-60(64)61-16-5-7-19-65(61)70(69)72-66/h1-43H. The first kappa shape index (κ1) is 41.1. The lowest BCUT2D eigenvalue weighted by atomic mass is 9.94. The normalized spacial score (nSPS) is 11.8. The third kappa shape index (κ3) is 6.89. The van der Waals surface area contributed by atoms with E-state index in [1.807, 2.05) is 6.20 Å². The average Bonchev–Trinajstić information content (AvgIpc) is 3.80. The van der Waals surface area contributed by atoms with Crippen LogP contribution in [0.5, 0.6) is 0 Å². The van der Waals surface area contributed by atoms with E-state index in [9.17, 15) is 0 Å². The summed E-state index contributed by atoms with van der Waals surface area (Å²) in [5, 5.41) is 14.5. The number of hydrogen-bond donors (Lipinski definition) is 0. The molecule has 15 rings (SSSR count). The van der Waals surface area contributed by atoms with Crippen molar-refractivity contribution in [2.45, 2.75) is 0 Å². The van der Waals surface area contributed by atoms with Gasteiger partial charge in [-0.2, -0.15) is 0 Å². The maximum atomic E-state index is 5.26. The van der Waals surface area contributed by atoms with Crippen LogP contribution in [0.1, 0.15) is 0 Å². The van der Waals surface area contributed by atoms with Gasteiger partial charge in [0.15, 0.2) is 0 Å². The van der Waals surface area contributed by atoms with E-state index in [0.29, 0.717) is 0 Å². The Hall–Kier alpha value is -9.70. The van der Waals surface area contributed by atoms with E-state index in [1.165, 1.54) is 110 Å². The van der Waals surface area contributed by atoms with E-state index < -0.39 is 0 Å². The van der Waals surface area contributed by atoms with E-state index in [-0.39, 0.29) is 0 Å². The Bertz CT molecular complexity index is 4700. The Morgan fingerprint density at radius 1 is 0.247 bits per heavy atom. The lowest BCUT2D eigenvalue weighted by molar-refractivity contribution is 1.18. The van der Waals surface area contributed by atoms with Gasteiger partial charge >= 0.3 is 0 Å². The highest BCUT2D eigenvalue weighted by atomic mass is 15.0. The summed E-state index contributed by atoms with van der Waals surface area (Å²) >= 11 is 0. The number of fused-ring (bicyclic) bond motifs is 12. The zero-order valence-corrected chi connectivity index (χ0v) is 39.7. The molecule has 3 nitrogen and oxygen atoms in total. The maximum absolute atomic E-state index is 5.26. The fraction of sp³-hybridized carbons (Fsp3) is 0. The van der Waals surface area contributed by atoms with Crippen LogP contribution >= 0.6 is 0 Å². The van der Waals surface area contributed by atoms with Crippen molar-refractivity contribution in [2.24, 2.45) is 0 Å². The molecule has 0 aliphatic carbocycles. The Morgan fingerprint density at radius 2 is 0.644 bits per heavy atom. The average molecular weight is 926 g/mol. The molecule has 0 N–H and O–H groups in total. The highest BCUT2D eigenvalue weighted by Crippen LogP contribution is 2.39. The summed E-state index contributed by atoms with van der Waals surface area (Å²) in [7, 11) is 0. The lowest BCUT2D eigenvalue weighted by Crippen LogP contribution is -1.93. The van der Waals surface area contributed by atoms with E-state index in [4.69, 9.17) is 9.97 Å². The Labute approximate surface area is 421 Å². The number of aromatic nitrogens is 3. The van der Waals surface area contributed by atoms with Crippen molar-refractivity contribution in [2.75, 3.05) is 0 Å². The van der Waals surface area contributed by atoms with Crippen LogP contribution < -0.4 is 0 Å². The second kappa shape index (κ2) is 16.4. The maximum Gasteiger partial charge on any atom is 0.0979 e. The first-order valence-corrected chi connectivity index (χ1v) is 25.0. The molecule has 3 heteroatoms. The summed E-state index contributed by atoms with van der Waals surface area (Å²) in [4.78, 5) is 10.3. The van der Waals surface area contributed by atoms with Crippen molar-refractivity contribution in [3.8, 4) is 61.5 Å². The number of para-hydroxylation sites is 2. The number of benzene rings is 13. The smallest absolute Gasteiger partial charge is 0.0979 e. The molecule has 0 atom stereocenters. The molecule has 0 saturated heterocycles. The molecule has 0 aliphatic heterocycles. The molecule has 0 saturated carbocycles. The molecule has 13 aromatic carbocycles. The minimum atomic E-state index is 0.866. The van der Waals surface area contributed by atoms with Crippen LogP contribution in [0.15, 0.2) is 261 Å². The summed E-state index contributed by atoms with van der Waals surface area (Å²) in [5.74, 6) is 0. The molecular weight excluding hydrogens is 883 g/mol. The van der Waals surface area contributed by atoms with Gasteiger partial charge in [0, 0.05) is 32.8 Å². The van der Waals surface area contributed by atoms with E-state index in [0.717, 1.165) is 38.6 Å². The second-order valence-electron chi connectivity index (χ2n) is 19.4. The largest absolute Gasteiger partial charge is 0.309 e. The van der Waals surface area contributed by atoms with Crippen LogP contribution in [0.2, 0.25) is 0 Å². The van der Waals surface area contributed by atoms with Gasteiger partial charge in [0.25, 0.3) is 0 Å². The SMILES string of the molecule is c1ccc(-n2c3ccccc3c3ccc(-c4ccc5cc(-c6ccc7cc(-c8ccc9cc(-c%10cccc(-c%11cnc%12c%13ccccc%13c%13ccccc%13c%12n%11)c%10)ccc9c8)ccc7c6)ccc5c4)cc32)cc1. The second-order valence-corrected chi connectivity index (χ2v) is 19.4. The van der Waals surface area contributed by atoms with Gasteiger partial charge in [-0.15, -0.1) is 0 Å². The summed E-state index contributed by atoms with van der Waals surface area (Å²) < 4.78 is 2.39. The third-order valence-electron chi connectivity index (χ3n) is 15.1. The molecule has 0 aliphatic rings. The number of nitrogens with zero attached hydrogens (tertiary/aromatic N) is 3. The van der Waals surface area contributed by atoms with Crippen molar-refractivity contribution in [1.29, 1.82) is 0 Å². The topological polar surface area (TPSA) is 30.7 Å². The van der Waals surface area contributed by atoms with Crippen LogP contribution in [0, 0.1) is 0 Å². The molecule has 73 heavy (non-hydrogen) atoms. The molecule has 0 spiro atoms. The van der Waals surface area contributed by atoms with Gasteiger partial charge in [-0.1, -0.05) is 188 Å². The van der Waals surface area contributed by atoms with E-state index >= 15 is 0 Å². The van der Waals surface area contributed by atoms with Crippen LogP contribution in [0.3, 0.4) is 0 Å². The van der Waals surface area contributed by atoms with Crippen molar-refractivity contribution in [3.63, 3.8) is 0 Å². The Kier molecular flexibility index (Phi) is 9.26. The quantitative estimate of drug-likeness (QED) is 0.156. The fourth-order valence-corrected chi connectivity index (χ4v) is 11.4. The highest BCUT2D eigenvalue weighted by Gasteiger charge is 2.16. The van der Waals surface area contributed by atoms with Crippen LogP contribution in [-0.2, 0) is 0 Å². The van der Waals surface area contributed by atoms with Gasteiger partial charge in [0.2, 0.25) is 0 Å². The van der Waals surface area contributed by atoms with Crippen molar-refractivity contribution < 1.29 is 0 Å². The van der Waals surface area contributed by atoms with E-state index in [1.54, 1.807) is 0 Å².